The van der Waals surface area contributed by atoms with Crippen LogP contribution >= 0.6 is 0 Å². The Morgan fingerprint density at radius 3 is 2.42 bits per heavy atom. The molecule has 8 nitrogen and oxygen atoms in total. The Labute approximate surface area is 194 Å². The maximum atomic E-state index is 10.2. The monoisotopic (exact) mass is 455 g/mol. The minimum atomic E-state index is -0.968. The first-order chi connectivity index (χ1) is 15.8. The quantitative estimate of drug-likeness (QED) is 0.483. The molecule has 6 N–H and O–H groups in total. The number of nitrogens with zero attached hydrogens (tertiary/aromatic N) is 1. The number of piperidine rings is 1. The van der Waals surface area contributed by atoms with Crippen LogP contribution in [0.4, 0.5) is 4.79 Å². The molecule has 5 rings (SSSR count). The van der Waals surface area contributed by atoms with Crippen molar-refractivity contribution in [3.8, 4) is 5.75 Å². The minimum absolute atomic E-state index is 0.331. The van der Waals surface area contributed by atoms with Gasteiger partial charge in [0, 0.05) is 11.5 Å². The molecule has 178 valence electrons. The topological polar surface area (TPSA) is 139 Å². The molecule has 2 bridgehead atoms. The minimum Gasteiger partial charge on any atom is -0.508 e. The lowest BCUT2D eigenvalue weighted by molar-refractivity contribution is 0.00274. The lowest BCUT2D eigenvalue weighted by Crippen LogP contribution is -2.59. The second kappa shape index (κ2) is 10.7. The number of aromatic hydroxyl groups is 1. The summed E-state index contributed by atoms with van der Waals surface area (Å²) in [6.07, 6.45) is 6.96. The number of hydrogen-bond acceptors (Lipinski definition) is 6. The van der Waals surface area contributed by atoms with Crippen LogP contribution in [0.5, 0.6) is 5.75 Å². The van der Waals surface area contributed by atoms with Crippen molar-refractivity contribution in [3.63, 3.8) is 0 Å². The number of fused-ring (bicyclic) bond motifs is 1. The smallest absolute Gasteiger partial charge is 0.423 e. The van der Waals surface area contributed by atoms with E-state index < -0.39 is 12.1 Å². The fourth-order valence-electron chi connectivity index (χ4n) is 5.77. The predicted octanol–water partition coefficient (Wildman–Crippen LogP) is 3.42. The molecule has 0 spiro atoms. The number of amides is 1. The molecule has 1 aliphatic heterocycles. The average molecular weight is 456 g/mol. The number of nitrogens with two attached hydrogens (primary N) is 2. The van der Waals surface area contributed by atoms with Gasteiger partial charge in [0.25, 0.3) is 0 Å². The van der Waals surface area contributed by atoms with Crippen LogP contribution in [0.15, 0.2) is 48.5 Å². The number of aromatic carboxylic acids is 1. The Kier molecular flexibility index (Phi) is 7.94. The van der Waals surface area contributed by atoms with Gasteiger partial charge in [0.05, 0.1) is 5.56 Å². The average Bonchev–Trinajstić information content (AvgIpc) is 2.83. The number of rotatable bonds is 1. The molecular formula is C25H33N3O5. The van der Waals surface area contributed by atoms with Gasteiger partial charge < -0.3 is 25.7 Å². The highest BCUT2D eigenvalue weighted by Crippen LogP contribution is 2.55. The third-order valence-electron chi connectivity index (χ3n) is 7.23. The van der Waals surface area contributed by atoms with Crippen molar-refractivity contribution in [2.75, 3.05) is 13.6 Å². The first kappa shape index (κ1) is 24.5. The molecule has 2 aromatic carbocycles. The number of carboxylic acids is 1. The number of likely N-dealkylation sites (tertiary alicyclic amines) is 1. The van der Waals surface area contributed by atoms with Crippen LogP contribution < -0.4 is 11.6 Å². The zero-order chi connectivity index (χ0) is 24.0. The van der Waals surface area contributed by atoms with E-state index in [4.69, 9.17) is 5.11 Å². The Bertz CT molecular complexity index is 968. The Morgan fingerprint density at radius 2 is 1.82 bits per heavy atom. The number of carboxylic acid groups (broad SMARTS) is 1. The predicted molar refractivity (Wildman–Crippen MR) is 125 cm³/mol. The first-order valence-corrected chi connectivity index (χ1v) is 11.3. The molecule has 1 heterocycles. The number of hydrogen-bond donors (Lipinski definition) is 4. The van der Waals surface area contributed by atoms with Gasteiger partial charge in [-0.2, -0.15) is 5.90 Å². The molecule has 0 radical (unpaired) electrons. The van der Waals surface area contributed by atoms with E-state index in [9.17, 15) is 14.7 Å². The molecule has 1 saturated carbocycles. The summed E-state index contributed by atoms with van der Waals surface area (Å²) in [7, 11) is 2.30. The van der Waals surface area contributed by atoms with Gasteiger partial charge in [0.2, 0.25) is 0 Å². The molecule has 3 atom stereocenters. The fraction of sp³-hybridized carbons (Fsp3) is 0.440. The number of primary amides is 1. The molecule has 0 aromatic heterocycles. The number of phenols is 1. The summed E-state index contributed by atoms with van der Waals surface area (Å²) in [5.74, 6) is 4.59. The summed E-state index contributed by atoms with van der Waals surface area (Å²) in [5, 5.41) is 18.3. The molecule has 0 unspecified atom stereocenters. The molecule has 2 aliphatic carbocycles. The van der Waals surface area contributed by atoms with Gasteiger partial charge in [0.1, 0.15) is 5.75 Å². The van der Waals surface area contributed by atoms with E-state index in [-0.39, 0.29) is 0 Å². The third-order valence-corrected chi connectivity index (χ3v) is 7.23. The van der Waals surface area contributed by atoms with E-state index in [0.29, 0.717) is 16.7 Å². The Balaban J connectivity index is 0.000000183. The van der Waals surface area contributed by atoms with Gasteiger partial charge >= 0.3 is 12.1 Å². The van der Waals surface area contributed by atoms with Crippen LogP contribution in [0.25, 0.3) is 0 Å². The van der Waals surface area contributed by atoms with Gasteiger partial charge in [-0.05, 0) is 80.6 Å². The van der Waals surface area contributed by atoms with Crippen molar-refractivity contribution in [1.29, 1.82) is 0 Å². The molecular weight excluding hydrogens is 422 g/mol. The van der Waals surface area contributed by atoms with Gasteiger partial charge in [-0.15, -0.1) is 0 Å². The Hall–Kier alpha value is -3.10. The van der Waals surface area contributed by atoms with E-state index in [1.54, 1.807) is 30.3 Å². The van der Waals surface area contributed by atoms with Crippen molar-refractivity contribution >= 4 is 12.1 Å². The van der Waals surface area contributed by atoms with E-state index in [1.165, 1.54) is 56.2 Å². The van der Waals surface area contributed by atoms with Gasteiger partial charge in [-0.3, -0.25) is 0 Å². The summed E-state index contributed by atoms with van der Waals surface area (Å²) < 4.78 is 0. The number of likely N-dealkylation sites (N-methyl/N-ethyl adjacent to an activating group) is 1. The number of benzene rings is 2. The summed E-state index contributed by atoms with van der Waals surface area (Å²) in [6.45, 7) is 1.22. The first-order valence-electron chi connectivity index (χ1n) is 11.3. The van der Waals surface area contributed by atoms with Crippen molar-refractivity contribution in [2.45, 2.75) is 50.0 Å². The maximum Gasteiger partial charge on any atom is 0.423 e. The second-order valence-corrected chi connectivity index (χ2v) is 8.96. The van der Waals surface area contributed by atoms with Crippen LogP contribution in [0.1, 0.15) is 53.6 Å². The highest BCUT2D eigenvalue weighted by atomic mass is 16.7. The van der Waals surface area contributed by atoms with Crippen LogP contribution in [-0.2, 0) is 16.7 Å². The van der Waals surface area contributed by atoms with E-state index in [2.05, 4.69) is 40.5 Å². The largest absolute Gasteiger partial charge is 0.508 e. The normalized spacial score (nSPS) is 25.0. The lowest BCUT2D eigenvalue weighted by Gasteiger charge is -2.58. The second-order valence-electron chi connectivity index (χ2n) is 8.96. The highest BCUT2D eigenvalue weighted by Gasteiger charge is 2.52. The number of carbonyl (C=O) groups excluding carboxylic acids is 1. The van der Waals surface area contributed by atoms with Gasteiger partial charge in [-0.25, -0.2) is 9.59 Å². The summed E-state index contributed by atoms with van der Waals surface area (Å²) in [5.41, 5.74) is 7.99. The van der Waals surface area contributed by atoms with E-state index >= 15 is 0 Å². The third kappa shape index (κ3) is 5.46. The van der Waals surface area contributed by atoms with Gasteiger partial charge in [-0.1, -0.05) is 37.1 Å². The standard InChI is InChI=1S/C17H23NO.C7H6O2.CH4N2O2/c1-18-9-8-17-7-3-2-4-14(17)16(18)10-12-5-6-13(19)11-15(12)17;8-7(9)6-4-2-1-3-5-6;2-1(4)5-3/h5-6,11,14,16,19H,2-4,7-10H2,1H3;1-5H,(H,8,9);3H2,(H2,2,4)/t14-,16+,17+;;/m1../s1. The van der Waals surface area contributed by atoms with Crippen molar-refractivity contribution in [1.82, 2.24) is 4.90 Å². The molecule has 1 amide bonds. The molecule has 33 heavy (non-hydrogen) atoms. The van der Waals surface area contributed by atoms with E-state index in [0.717, 1.165) is 12.0 Å². The van der Waals surface area contributed by atoms with Gasteiger partial charge in [0.15, 0.2) is 0 Å². The molecule has 8 heteroatoms. The van der Waals surface area contributed by atoms with Crippen molar-refractivity contribution in [2.24, 2.45) is 17.5 Å². The lowest BCUT2D eigenvalue weighted by atomic mass is 9.52. The van der Waals surface area contributed by atoms with Crippen LogP contribution in [0.3, 0.4) is 0 Å². The number of carbonyl (C=O) groups is 2. The molecule has 2 aromatic rings. The zero-order valence-corrected chi connectivity index (χ0v) is 18.9. The maximum absolute atomic E-state index is 10.2. The molecule has 2 fully saturated rings. The Morgan fingerprint density at radius 1 is 1.12 bits per heavy atom. The summed E-state index contributed by atoms with van der Waals surface area (Å²) >= 11 is 0. The van der Waals surface area contributed by atoms with Crippen LogP contribution in [0, 0.1) is 5.92 Å². The van der Waals surface area contributed by atoms with Crippen LogP contribution in [-0.4, -0.2) is 46.8 Å². The van der Waals surface area contributed by atoms with Crippen molar-refractivity contribution < 1.29 is 24.6 Å². The SMILES string of the molecule is CN1CC[C@@]23CCCC[C@@H]2[C@@H]1Cc1ccc(O)cc13.NOC(N)=O.O=C(O)c1ccccc1. The van der Waals surface area contributed by atoms with Crippen molar-refractivity contribution in [3.05, 3.63) is 65.2 Å². The van der Waals surface area contributed by atoms with Crippen LogP contribution in [0.2, 0.25) is 0 Å². The fourth-order valence-corrected chi connectivity index (χ4v) is 5.77. The highest BCUT2D eigenvalue weighted by molar-refractivity contribution is 5.87. The molecule has 3 aliphatic rings. The molecule has 1 saturated heterocycles. The summed E-state index contributed by atoms with van der Waals surface area (Å²) in [6, 6.07) is 15.1. The summed E-state index contributed by atoms with van der Waals surface area (Å²) in [4.78, 5) is 25.4. The zero-order valence-electron chi connectivity index (χ0n) is 18.9. The van der Waals surface area contributed by atoms with E-state index in [1.807, 2.05) is 6.07 Å². The number of phenolic OH excluding ortho intramolecular Hbond substituents is 1.